The van der Waals surface area contributed by atoms with Crippen LogP contribution in [0.2, 0.25) is 0 Å². The first-order valence-electron chi connectivity index (χ1n) is 6.45. The van der Waals surface area contributed by atoms with Gasteiger partial charge in [-0.2, -0.15) is 0 Å². The average molecular weight is 275 g/mol. The van der Waals surface area contributed by atoms with Gasteiger partial charge in [0.1, 0.15) is 24.7 Å². The van der Waals surface area contributed by atoms with Gasteiger partial charge in [0, 0.05) is 19.0 Å². The van der Waals surface area contributed by atoms with E-state index in [-0.39, 0.29) is 12.6 Å². The fraction of sp³-hybridized carbons (Fsp3) is 0.357. The second-order valence-electron chi connectivity index (χ2n) is 4.17. The fourth-order valence-electron chi connectivity index (χ4n) is 1.65. The van der Waals surface area contributed by atoms with Gasteiger partial charge in [0.15, 0.2) is 0 Å². The van der Waals surface area contributed by atoms with Crippen molar-refractivity contribution in [3.8, 4) is 17.0 Å². The first kappa shape index (κ1) is 14.0. The molecular weight excluding hydrogens is 258 g/mol. The maximum Gasteiger partial charge on any atom is 0.302 e. The van der Waals surface area contributed by atoms with Crippen LogP contribution >= 0.6 is 0 Å². The first-order valence-corrected chi connectivity index (χ1v) is 6.45. The van der Waals surface area contributed by atoms with E-state index in [0.29, 0.717) is 6.61 Å². The molecule has 20 heavy (non-hydrogen) atoms. The van der Waals surface area contributed by atoms with Crippen LogP contribution in [0, 0.1) is 0 Å². The van der Waals surface area contributed by atoms with Gasteiger partial charge in [0.2, 0.25) is 0 Å². The van der Waals surface area contributed by atoms with Gasteiger partial charge >= 0.3 is 5.97 Å². The molecule has 0 saturated heterocycles. The van der Waals surface area contributed by atoms with Crippen LogP contribution in [-0.4, -0.2) is 34.2 Å². The Balaban J connectivity index is 1.91. The van der Waals surface area contributed by atoms with Gasteiger partial charge in [-0.05, 0) is 31.2 Å². The summed E-state index contributed by atoms with van der Waals surface area (Å²) < 4.78 is 12.0. The lowest BCUT2D eigenvalue weighted by molar-refractivity contribution is -0.141. The summed E-state index contributed by atoms with van der Waals surface area (Å²) in [5.41, 5.74) is 1.82. The molecule has 0 radical (unpaired) electrons. The van der Waals surface area contributed by atoms with Crippen molar-refractivity contribution in [1.82, 2.24) is 15.0 Å². The summed E-state index contributed by atoms with van der Waals surface area (Å²) in [4.78, 5) is 10.6. The van der Waals surface area contributed by atoms with E-state index < -0.39 is 0 Å². The molecule has 0 aliphatic carbocycles. The summed E-state index contributed by atoms with van der Waals surface area (Å²) >= 11 is 0. The number of carbonyl (C=O) groups is 1. The minimum Gasteiger partial charge on any atom is -0.490 e. The maximum atomic E-state index is 10.6. The number of esters is 1. The highest BCUT2D eigenvalue weighted by atomic mass is 16.6. The summed E-state index contributed by atoms with van der Waals surface area (Å²) in [7, 11) is 0. The van der Waals surface area contributed by atoms with Crippen LogP contribution in [0.4, 0.5) is 0 Å². The molecule has 0 aliphatic rings. The van der Waals surface area contributed by atoms with Crippen LogP contribution in [-0.2, 0) is 16.1 Å². The number of nitrogens with zero attached hydrogens (tertiary/aromatic N) is 3. The Morgan fingerprint density at radius 1 is 1.25 bits per heavy atom. The zero-order chi connectivity index (χ0) is 14.4. The summed E-state index contributed by atoms with van der Waals surface area (Å²) in [5, 5.41) is 8.09. The highest BCUT2D eigenvalue weighted by Gasteiger charge is 2.03. The zero-order valence-electron chi connectivity index (χ0n) is 11.6. The van der Waals surface area contributed by atoms with E-state index in [9.17, 15) is 4.79 Å². The first-order chi connectivity index (χ1) is 9.69. The second kappa shape index (κ2) is 6.70. The fourth-order valence-corrected chi connectivity index (χ4v) is 1.65. The van der Waals surface area contributed by atoms with Gasteiger partial charge in [0.25, 0.3) is 0 Å². The van der Waals surface area contributed by atoms with E-state index in [1.165, 1.54) is 6.92 Å². The number of aryl methyl sites for hydroxylation is 1. The Morgan fingerprint density at radius 2 is 2.00 bits per heavy atom. The maximum absolute atomic E-state index is 10.6. The van der Waals surface area contributed by atoms with Crippen LogP contribution < -0.4 is 4.74 Å². The van der Waals surface area contributed by atoms with E-state index in [4.69, 9.17) is 9.47 Å². The molecule has 0 unspecified atom stereocenters. The Hall–Kier alpha value is -2.37. The highest BCUT2D eigenvalue weighted by molar-refractivity contribution is 5.65. The molecule has 0 fully saturated rings. The standard InChI is InChI=1S/C14H17N3O3/c1-3-17-10-14(15-16-17)12-4-6-13(7-5-12)20-9-8-19-11(2)18/h4-7,10H,3,8-9H2,1-2H3. The van der Waals surface area contributed by atoms with Crippen molar-refractivity contribution < 1.29 is 14.3 Å². The van der Waals surface area contributed by atoms with Crippen molar-refractivity contribution in [3.63, 3.8) is 0 Å². The number of benzene rings is 1. The summed E-state index contributed by atoms with van der Waals surface area (Å²) in [5.74, 6) is 0.423. The molecule has 1 aromatic heterocycles. The highest BCUT2D eigenvalue weighted by Crippen LogP contribution is 2.20. The Bertz CT molecular complexity index is 563. The third-order valence-corrected chi connectivity index (χ3v) is 2.67. The van der Waals surface area contributed by atoms with Crippen molar-refractivity contribution in [1.29, 1.82) is 0 Å². The minimum atomic E-state index is -0.303. The number of hydrogen-bond acceptors (Lipinski definition) is 5. The number of aromatic nitrogens is 3. The molecule has 2 rings (SSSR count). The minimum absolute atomic E-state index is 0.252. The molecule has 0 atom stereocenters. The topological polar surface area (TPSA) is 66.2 Å². The Morgan fingerprint density at radius 3 is 2.60 bits per heavy atom. The third-order valence-electron chi connectivity index (χ3n) is 2.67. The van der Waals surface area contributed by atoms with E-state index in [2.05, 4.69) is 10.3 Å². The van der Waals surface area contributed by atoms with Crippen LogP contribution in [0.3, 0.4) is 0 Å². The number of rotatable bonds is 6. The van der Waals surface area contributed by atoms with Crippen molar-refractivity contribution >= 4 is 5.97 Å². The van der Waals surface area contributed by atoms with Crippen molar-refractivity contribution in [2.45, 2.75) is 20.4 Å². The van der Waals surface area contributed by atoms with E-state index in [1.807, 2.05) is 37.4 Å². The molecule has 106 valence electrons. The lowest BCUT2D eigenvalue weighted by Gasteiger charge is -2.06. The molecule has 2 aromatic rings. The predicted octanol–water partition coefficient (Wildman–Crippen LogP) is 1.91. The van der Waals surface area contributed by atoms with Crippen molar-refractivity contribution in [2.24, 2.45) is 0 Å². The summed E-state index contributed by atoms with van der Waals surface area (Å²) in [6, 6.07) is 7.55. The molecule has 0 amide bonds. The second-order valence-corrected chi connectivity index (χ2v) is 4.17. The van der Waals surface area contributed by atoms with Crippen LogP contribution in [0.5, 0.6) is 5.75 Å². The quantitative estimate of drug-likeness (QED) is 0.595. The summed E-state index contributed by atoms with van der Waals surface area (Å²) in [6.45, 7) is 4.77. The average Bonchev–Trinajstić information content (AvgIpc) is 2.93. The number of ether oxygens (including phenoxy) is 2. The smallest absolute Gasteiger partial charge is 0.302 e. The van der Waals surface area contributed by atoms with Crippen molar-refractivity contribution in [3.05, 3.63) is 30.5 Å². The molecule has 0 bridgehead atoms. The molecule has 0 aliphatic heterocycles. The number of hydrogen-bond donors (Lipinski definition) is 0. The number of carbonyl (C=O) groups excluding carboxylic acids is 1. The molecule has 0 N–H and O–H groups in total. The Labute approximate surface area is 117 Å². The summed E-state index contributed by atoms with van der Waals surface area (Å²) in [6.07, 6.45) is 1.90. The van der Waals surface area contributed by atoms with Crippen LogP contribution in [0.25, 0.3) is 11.3 Å². The zero-order valence-corrected chi connectivity index (χ0v) is 11.6. The Kier molecular flexibility index (Phi) is 4.70. The lowest BCUT2D eigenvalue weighted by Crippen LogP contribution is -2.09. The van der Waals surface area contributed by atoms with Crippen LogP contribution in [0.15, 0.2) is 30.5 Å². The van der Waals surface area contributed by atoms with Crippen molar-refractivity contribution in [2.75, 3.05) is 13.2 Å². The van der Waals surface area contributed by atoms with Gasteiger partial charge in [0.05, 0.1) is 6.20 Å². The van der Waals surface area contributed by atoms with E-state index in [1.54, 1.807) is 4.68 Å². The van der Waals surface area contributed by atoms with Gasteiger partial charge in [-0.25, -0.2) is 0 Å². The third kappa shape index (κ3) is 3.81. The van der Waals surface area contributed by atoms with Crippen LogP contribution in [0.1, 0.15) is 13.8 Å². The monoisotopic (exact) mass is 275 g/mol. The molecule has 1 aromatic carbocycles. The molecule has 0 spiro atoms. The normalized spacial score (nSPS) is 10.3. The largest absolute Gasteiger partial charge is 0.490 e. The molecular formula is C14H17N3O3. The lowest BCUT2D eigenvalue weighted by atomic mass is 10.2. The molecule has 6 nitrogen and oxygen atoms in total. The van der Waals surface area contributed by atoms with Gasteiger partial charge in [-0.3, -0.25) is 9.48 Å². The molecule has 0 saturated carbocycles. The SMILES string of the molecule is CCn1cc(-c2ccc(OCCOC(C)=O)cc2)nn1. The van der Waals surface area contributed by atoms with E-state index >= 15 is 0 Å². The van der Waals surface area contributed by atoms with Gasteiger partial charge < -0.3 is 9.47 Å². The predicted molar refractivity (Wildman–Crippen MR) is 73.3 cm³/mol. The molecule has 1 heterocycles. The van der Waals surface area contributed by atoms with Gasteiger partial charge in [-0.15, -0.1) is 5.10 Å². The van der Waals surface area contributed by atoms with Gasteiger partial charge in [-0.1, -0.05) is 5.21 Å². The van der Waals surface area contributed by atoms with E-state index in [0.717, 1.165) is 23.6 Å². The molecule has 6 heteroatoms.